The van der Waals surface area contributed by atoms with Gasteiger partial charge in [-0.2, -0.15) is 0 Å². The normalized spacial score (nSPS) is 9.27. The van der Waals surface area contributed by atoms with E-state index in [-0.39, 0.29) is 0 Å². The Balaban J connectivity index is 3.23. The van der Waals surface area contributed by atoms with Crippen LogP contribution in [0.3, 0.4) is 0 Å². The predicted molar refractivity (Wildman–Crippen MR) is 40.9 cm³/mol. The fourth-order valence-corrected chi connectivity index (χ4v) is 0.915. The van der Waals surface area contributed by atoms with Crippen LogP contribution in [0, 0.1) is 6.92 Å². The molecule has 1 aromatic rings. The Kier molecular flexibility index (Phi) is 2.21. The molecule has 3 heteroatoms. The Hall–Kier alpha value is -1.38. The number of aryl methyl sites for hydroxylation is 1. The zero-order valence-electron chi connectivity index (χ0n) is 6.50. The lowest BCUT2D eigenvalue weighted by atomic mass is 10.2. The molecule has 0 unspecified atom stereocenters. The van der Waals surface area contributed by atoms with Crippen molar-refractivity contribution in [2.24, 2.45) is 0 Å². The summed E-state index contributed by atoms with van der Waals surface area (Å²) in [6.45, 7) is 1.87. The lowest BCUT2D eigenvalue weighted by molar-refractivity contribution is 0.111. The smallest absolute Gasteiger partial charge is 0.172 e. The quantitative estimate of drug-likeness (QED) is 0.596. The van der Waals surface area contributed by atoms with Crippen molar-refractivity contribution in [3.05, 3.63) is 23.5 Å². The molecule has 0 spiro atoms. The number of nitrogens with zero attached hydrogens (tertiary/aromatic N) is 1. The summed E-state index contributed by atoms with van der Waals surface area (Å²) in [4.78, 5) is 14.2. The van der Waals surface area contributed by atoms with Crippen molar-refractivity contribution in [1.29, 1.82) is 0 Å². The molecule has 0 aliphatic rings. The minimum Gasteiger partial charge on any atom is -0.494 e. The average Bonchev–Trinajstić information content (AvgIpc) is 2.04. The fourth-order valence-electron chi connectivity index (χ4n) is 0.915. The van der Waals surface area contributed by atoms with E-state index < -0.39 is 0 Å². The lowest BCUT2D eigenvalue weighted by Crippen LogP contribution is -1.95. The number of rotatable bonds is 2. The molecular formula is C8H9NO2. The highest BCUT2D eigenvalue weighted by atomic mass is 16.5. The molecular weight excluding hydrogens is 142 g/mol. The van der Waals surface area contributed by atoms with Gasteiger partial charge in [-0.05, 0) is 18.6 Å². The summed E-state index contributed by atoms with van der Waals surface area (Å²) in [5.41, 5.74) is 1.28. The Morgan fingerprint density at radius 3 is 2.82 bits per heavy atom. The van der Waals surface area contributed by atoms with Gasteiger partial charge in [-0.1, -0.05) is 0 Å². The van der Waals surface area contributed by atoms with E-state index in [0.717, 1.165) is 5.56 Å². The van der Waals surface area contributed by atoms with Gasteiger partial charge in [-0.3, -0.25) is 4.79 Å². The maximum atomic E-state index is 10.4. The lowest BCUT2D eigenvalue weighted by Gasteiger charge is -2.04. The summed E-state index contributed by atoms with van der Waals surface area (Å²) < 4.78 is 4.97. The number of hydrogen-bond acceptors (Lipinski definition) is 3. The highest BCUT2D eigenvalue weighted by Gasteiger charge is 2.04. The maximum absolute atomic E-state index is 10.4. The Bertz CT molecular complexity index is 271. The van der Waals surface area contributed by atoms with Gasteiger partial charge in [0.05, 0.1) is 7.11 Å². The average molecular weight is 151 g/mol. The summed E-state index contributed by atoms with van der Waals surface area (Å²) in [5.74, 6) is 0.558. The molecule has 0 aliphatic heterocycles. The van der Waals surface area contributed by atoms with Gasteiger partial charge in [0.1, 0.15) is 5.69 Å². The van der Waals surface area contributed by atoms with Crippen molar-refractivity contribution in [2.75, 3.05) is 7.11 Å². The third kappa shape index (κ3) is 1.37. The van der Waals surface area contributed by atoms with Crippen LogP contribution < -0.4 is 4.74 Å². The van der Waals surface area contributed by atoms with Gasteiger partial charge in [0.15, 0.2) is 12.0 Å². The molecule has 0 bridgehead atoms. The summed E-state index contributed by atoms with van der Waals surface area (Å²) in [6.07, 6.45) is 2.27. The molecule has 0 fully saturated rings. The number of ether oxygens (including phenoxy) is 1. The highest BCUT2D eigenvalue weighted by molar-refractivity contribution is 5.76. The third-order valence-corrected chi connectivity index (χ3v) is 1.44. The van der Waals surface area contributed by atoms with E-state index in [1.807, 2.05) is 6.92 Å². The molecule has 0 saturated carbocycles. The molecule has 58 valence electrons. The van der Waals surface area contributed by atoms with E-state index in [4.69, 9.17) is 4.74 Å². The van der Waals surface area contributed by atoms with Crippen molar-refractivity contribution in [1.82, 2.24) is 4.98 Å². The van der Waals surface area contributed by atoms with Crippen molar-refractivity contribution in [2.45, 2.75) is 6.92 Å². The number of pyridine rings is 1. The largest absolute Gasteiger partial charge is 0.494 e. The summed E-state index contributed by atoms with van der Waals surface area (Å²) in [6, 6.07) is 1.80. The van der Waals surface area contributed by atoms with Crippen molar-refractivity contribution < 1.29 is 9.53 Å². The van der Waals surface area contributed by atoms with Gasteiger partial charge in [0, 0.05) is 6.20 Å². The predicted octanol–water partition coefficient (Wildman–Crippen LogP) is 1.21. The number of aldehydes is 1. The zero-order valence-corrected chi connectivity index (χ0v) is 6.50. The maximum Gasteiger partial charge on any atom is 0.172 e. The number of methoxy groups -OCH3 is 1. The zero-order chi connectivity index (χ0) is 8.27. The van der Waals surface area contributed by atoms with Crippen LogP contribution in [0.4, 0.5) is 0 Å². The second-order valence-corrected chi connectivity index (χ2v) is 2.16. The molecule has 3 nitrogen and oxygen atoms in total. The number of carbonyl (C=O) groups excluding carboxylic acids is 1. The van der Waals surface area contributed by atoms with Crippen LogP contribution >= 0.6 is 0 Å². The summed E-state index contributed by atoms with van der Waals surface area (Å²) in [7, 11) is 1.52. The fraction of sp³-hybridized carbons (Fsp3) is 0.250. The van der Waals surface area contributed by atoms with Gasteiger partial charge in [0.25, 0.3) is 0 Å². The SMILES string of the molecule is COc1c(C)ccnc1C=O. The minimum absolute atomic E-state index is 0.354. The van der Waals surface area contributed by atoms with E-state index in [1.54, 1.807) is 12.3 Å². The molecule has 0 aromatic carbocycles. The molecule has 0 amide bonds. The van der Waals surface area contributed by atoms with Gasteiger partial charge in [-0.25, -0.2) is 4.98 Å². The molecule has 1 heterocycles. The molecule has 0 saturated heterocycles. The van der Waals surface area contributed by atoms with E-state index in [1.165, 1.54) is 7.11 Å². The van der Waals surface area contributed by atoms with Crippen molar-refractivity contribution >= 4 is 6.29 Å². The van der Waals surface area contributed by atoms with E-state index >= 15 is 0 Å². The Morgan fingerprint density at radius 2 is 2.36 bits per heavy atom. The second-order valence-electron chi connectivity index (χ2n) is 2.16. The van der Waals surface area contributed by atoms with Gasteiger partial charge in [-0.15, -0.1) is 0 Å². The first-order chi connectivity index (χ1) is 5.29. The van der Waals surface area contributed by atoms with Gasteiger partial charge in [0.2, 0.25) is 0 Å². The first-order valence-electron chi connectivity index (χ1n) is 3.24. The molecule has 0 N–H and O–H groups in total. The Labute approximate surface area is 65.0 Å². The second kappa shape index (κ2) is 3.14. The molecule has 0 radical (unpaired) electrons. The molecule has 0 atom stereocenters. The van der Waals surface area contributed by atoms with Gasteiger partial charge >= 0.3 is 0 Å². The van der Waals surface area contributed by atoms with E-state index in [0.29, 0.717) is 17.7 Å². The van der Waals surface area contributed by atoms with E-state index in [9.17, 15) is 4.79 Å². The van der Waals surface area contributed by atoms with Gasteiger partial charge < -0.3 is 4.74 Å². The third-order valence-electron chi connectivity index (χ3n) is 1.44. The Morgan fingerprint density at radius 1 is 1.64 bits per heavy atom. The highest BCUT2D eigenvalue weighted by Crippen LogP contribution is 2.18. The topological polar surface area (TPSA) is 39.2 Å². The van der Waals surface area contributed by atoms with Crippen LogP contribution in [-0.2, 0) is 0 Å². The molecule has 0 aliphatic carbocycles. The number of carbonyl (C=O) groups is 1. The first kappa shape index (κ1) is 7.72. The van der Waals surface area contributed by atoms with Crippen LogP contribution in [0.2, 0.25) is 0 Å². The number of hydrogen-bond donors (Lipinski definition) is 0. The van der Waals surface area contributed by atoms with Crippen LogP contribution in [0.25, 0.3) is 0 Å². The summed E-state index contributed by atoms with van der Waals surface area (Å²) in [5, 5.41) is 0. The van der Waals surface area contributed by atoms with E-state index in [2.05, 4.69) is 4.98 Å². The molecule has 11 heavy (non-hydrogen) atoms. The van der Waals surface area contributed by atoms with Crippen LogP contribution in [0.15, 0.2) is 12.3 Å². The summed E-state index contributed by atoms with van der Waals surface area (Å²) >= 11 is 0. The first-order valence-corrected chi connectivity index (χ1v) is 3.24. The standard InChI is InChI=1S/C8H9NO2/c1-6-3-4-9-7(5-10)8(6)11-2/h3-5H,1-2H3. The van der Waals surface area contributed by atoms with Crippen LogP contribution in [-0.4, -0.2) is 18.4 Å². The molecule has 1 aromatic heterocycles. The molecule has 1 rings (SSSR count). The minimum atomic E-state index is 0.354. The number of aromatic nitrogens is 1. The van der Waals surface area contributed by atoms with Crippen LogP contribution in [0.5, 0.6) is 5.75 Å². The monoisotopic (exact) mass is 151 g/mol. The van der Waals surface area contributed by atoms with Crippen LogP contribution in [0.1, 0.15) is 16.1 Å². The van der Waals surface area contributed by atoms with Crippen molar-refractivity contribution in [3.63, 3.8) is 0 Å². The van der Waals surface area contributed by atoms with Crippen molar-refractivity contribution in [3.8, 4) is 5.75 Å².